The van der Waals surface area contributed by atoms with Gasteiger partial charge in [-0.15, -0.1) is 0 Å². The second kappa shape index (κ2) is 6.25. The van der Waals surface area contributed by atoms with Gasteiger partial charge in [0.15, 0.2) is 0 Å². The summed E-state index contributed by atoms with van der Waals surface area (Å²) in [5.41, 5.74) is -11.4. The first-order chi connectivity index (χ1) is 11.2. The van der Waals surface area contributed by atoms with Gasteiger partial charge in [0.1, 0.15) is 11.1 Å². The van der Waals surface area contributed by atoms with Crippen LogP contribution >= 0.6 is 0 Å². The highest BCUT2D eigenvalue weighted by molar-refractivity contribution is 5.38. The lowest BCUT2D eigenvalue weighted by Gasteiger charge is -2.36. The summed E-state index contributed by atoms with van der Waals surface area (Å²) in [7, 11) is 0. The molecule has 18 heteroatoms. The van der Waals surface area contributed by atoms with Crippen molar-refractivity contribution in [2.24, 2.45) is 0 Å². The highest BCUT2D eigenvalue weighted by Gasteiger charge is 2.82. The van der Waals surface area contributed by atoms with Crippen molar-refractivity contribution in [3.63, 3.8) is 0 Å². The van der Waals surface area contributed by atoms with Crippen LogP contribution in [0.2, 0.25) is 0 Å². The Bertz CT molecular complexity index is 558. The van der Waals surface area contributed by atoms with Crippen molar-refractivity contribution in [1.29, 1.82) is 0 Å². The Hall–Kier alpha value is -1.52. The van der Waals surface area contributed by atoms with Crippen LogP contribution in [0.25, 0.3) is 0 Å². The molecular formula is C9F18. The number of allylic oxidation sites excluding steroid dienone is 2. The summed E-state index contributed by atoms with van der Waals surface area (Å²) in [6.07, 6.45) is -31.0. The summed E-state index contributed by atoms with van der Waals surface area (Å²) >= 11 is 0. The topological polar surface area (TPSA) is 0 Å². The third kappa shape index (κ3) is 4.33. The predicted octanol–water partition coefficient (Wildman–Crippen LogP) is 6.44. The highest BCUT2D eigenvalue weighted by atomic mass is 19.4. The predicted molar refractivity (Wildman–Crippen MR) is 46.1 cm³/mol. The average Bonchev–Trinajstić information content (AvgIpc) is 2.28. The van der Waals surface area contributed by atoms with Gasteiger partial charge in [-0.05, 0) is 0 Å². The van der Waals surface area contributed by atoms with Crippen molar-refractivity contribution in [2.45, 2.75) is 42.5 Å². The normalized spacial score (nSPS) is 15.8. The van der Waals surface area contributed by atoms with Gasteiger partial charge < -0.3 is 0 Å². The van der Waals surface area contributed by atoms with Crippen LogP contribution in [0.1, 0.15) is 0 Å². The van der Waals surface area contributed by atoms with Crippen molar-refractivity contribution >= 4 is 0 Å². The van der Waals surface area contributed by atoms with E-state index in [9.17, 15) is 79.0 Å². The van der Waals surface area contributed by atoms with E-state index in [0.717, 1.165) is 0 Å². The van der Waals surface area contributed by atoms with E-state index < -0.39 is 53.6 Å². The molecule has 27 heavy (non-hydrogen) atoms. The highest BCUT2D eigenvalue weighted by Crippen LogP contribution is 2.59. The van der Waals surface area contributed by atoms with Crippen LogP contribution in [-0.4, -0.2) is 42.5 Å². The third-order valence-electron chi connectivity index (χ3n) is 2.55. The lowest BCUT2D eigenvalue weighted by Crippen LogP contribution is -2.59. The van der Waals surface area contributed by atoms with E-state index in [4.69, 9.17) is 0 Å². The van der Waals surface area contributed by atoms with Gasteiger partial charge in [-0.2, -0.15) is 79.0 Å². The molecule has 0 saturated heterocycles. The van der Waals surface area contributed by atoms with Gasteiger partial charge in [0, 0.05) is 0 Å². The molecular weight excluding hydrogens is 450 g/mol. The van der Waals surface area contributed by atoms with E-state index >= 15 is 0 Å². The fourth-order valence-electron chi connectivity index (χ4n) is 1.43. The zero-order valence-electron chi connectivity index (χ0n) is 11.3. The van der Waals surface area contributed by atoms with Crippen LogP contribution in [0.15, 0.2) is 11.1 Å². The Morgan fingerprint density at radius 3 is 0.815 bits per heavy atom. The van der Waals surface area contributed by atoms with E-state index in [2.05, 4.69) is 0 Å². The smallest absolute Gasteiger partial charge is 0.194 e. The first kappa shape index (κ1) is 25.5. The maximum Gasteiger partial charge on any atom is 0.460 e. The summed E-state index contributed by atoms with van der Waals surface area (Å²) in [5, 5.41) is 0. The van der Waals surface area contributed by atoms with Crippen molar-refractivity contribution in [1.82, 2.24) is 0 Å². The molecule has 0 aliphatic rings. The molecule has 0 atom stereocenters. The molecule has 0 amide bonds. The molecule has 0 unspecified atom stereocenters. The Balaban J connectivity index is 7.60. The minimum atomic E-state index is -8.31. The van der Waals surface area contributed by atoms with E-state index in [-0.39, 0.29) is 0 Å². The van der Waals surface area contributed by atoms with Crippen LogP contribution in [-0.2, 0) is 0 Å². The standard InChI is InChI=1S/C9F18/c10-3(11,7(20,21)9(25,26)27)1(4(12,13)8(22,23)24)2(5(14,15)16)6(17,18)19. The molecule has 0 aliphatic carbocycles. The molecule has 0 bridgehead atoms. The Kier molecular flexibility index (Phi) is 5.90. The van der Waals surface area contributed by atoms with Gasteiger partial charge in [0.25, 0.3) is 0 Å². The second-order valence-electron chi connectivity index (χ2n) is 4.46. The van der Waals surface area contributed by atoms with E-state index in [1.54, 1.807) is 0 Å². The molecule has 0 aromatic heterocycles. The number of alkyl halides is 18. The molecule has 0 heterocycles. The SMILES string of the molecule is FC(F)(F)C(=C(C(F)(F)C(F)(F)F)C(F)(F)C(F)(F)C(F)(F)F)C(F)(F)F. The summed E-state index contributed by atoms with van der Waals surface area (Å²) < 4.78 is 223. The molecule has 0 aliphatic heterocycles. The van der Waals surface area contributed by atoms with Crippen LogP contribution < -0.4 is 0 Å². The Labute approximate surface area is 134 Å². The molecule has 0 saturated carbocycles. The van der Waals surface area contributed by atoms with Crippen LogP contribution in [0.5, 0.6) is 0 Å². The number of hydrogen-bond donors (Lipinski definition) is 0. The van der Waals surface area contributed by atoms with Gasteiger partial charge in [-0.1, -0.05) is 0 Å². The van der Waals surface area contributed by atoms with Crippen molar-refractivity contribution in [3.05, 3.63) is 11.1 Å². The molecule has 0 fully saturated rings. The van der Waals surface area contributed by atoms with Crippen molar-refractivity contribution < 1.29 is 79.0 Å². The fraction of sp³-hybridized carbons (Fsp3) is 0.778. The summed E-state index contributed by atoms with van der Waals surface area (Å²) in [5.74, 6) is -24.6. The molecule has 0 radical (unpaired) electrons. The first-order valence-electron chi connectivity index (χ1n) is 5.40. The van der Waals surface area contributed by atoms with Crippen molar-refractivity contribution in [3.8, 4) is 0 Å². The van der Waals surface area contributed by atoms with Crippen molar-refractivity contribution in [2.75, 3.05) is 0 Å². The van der Waals surface area contributed by atoms with Gasteiger partial charge in [-0.3, -0.25) is 0 Å². The largest absolute Gasteiger partial charge is 0.460 e. The number of hydrogen-bond acceptors (Lipinski definition) is 0. The second-order valence-corrected chi connectivity index (χ2v) is 4.46. The molecule has 0 aromatic carbocycles. The zero-order valence-corrected chi connectivity index (χ0v) is 11.3. The first-order valence-corrected chi connectivity index (χ1v) is 5.40. The fourth-order valence-corrected chi connectivity index (χ4v) is 1.43. The lowest BCUT2D eigenvalue weighted by molar-refractivity contribution is -0.358. The van der Waals surface area contributed by atoms with Gasteiger partial charge in [-0.25, -0.2) is 0 Å². The minimum Gasteiger partial charge on any atom is -0.194 e. The van der Waals surface area contributed by atoms with E-state index in [1.807, 2.05) is 0 Å². The summed E-state index contributed by atoms with van der Waals surface area (Å²) in [4.78, 5) is 0. The maximum absolute atomic E-state index is 13.2. The van der Waals surface area contributed by atoms with Crippen LogP contribution in [0.4, 0.5) is 79.0 Å². The molecule has 0 aromatic rings. The molecule has 162 valence electrons. The van der Waals surface area contributed by atoms with E-state index in [0.29, 0.717) is 0 Å². The maximum atomic E-state index is 13.2. The quantitative estimate of drug-likeness (QED) is 0.343. The average molecular weight is 450 g/mol. The van der Waals surface area contributed by atoms with Crippen LogP contribution in [0.3, 0.4) is 0 Å². The minimum absolute atomic E-state index is 5.56. The molecule has 0 nitrogen and oxygen atoms in total. The van der Waals surface area contributed by atoms with Gasteiger partial charge in [0.2, 0.25) is 0 Å². The zero-order chi connectivity index (χ0) is 22.7. The monoisotopic (exact) mass is 450 g/mol. The third-order valence-corrected chi connectivity index (χ3v) is 2.55. The van der Waals surface area contributed by atoms with Gasteiger partial charge >= 0.3 is 42.5 Å². The molecule has 0 rings (SSSR count). The van der Waals surface area contributed by atoms with Gasteiger partial charge in [0.05, 0.1) is 0 Å². The Morgan fingerprint density at radius 1 is 0.333 bits per heavy atom. The molecule has 0 spiro atoms. The number of rotatable bonds is 3. The van der Waals surface area contributed by atoms with E-state index in [1.165, 1.54) is 0 Å². The molecule has 0 N–H and O–H groups in total. The number of halogens is 18. The Morgan fingerprint density at radius 2 is 0.630 bits per heavy atom. The lowest BCUT2D eigenvalue weighted by atomic mass is 9.90. The summed E-state index contributed by atoms with van der Waals surface area (Å²) in [6, 6.07) is 0. The summed E-state index contributed by atoms with van der Waals surface area (Å²) in [6.45, 7) is 0. The van der Waals surface area contributed by atoms with Crippen LogP contribution in [0, 0.1) is 0 Å².